The number of anilines is 1. The molecule has 3 rings (SSSR count). The van der Waals surface area contributed by atoms with E-state index < -0.39 is 11.1 Å². The fourth-order valence-electron chi connectivity index (χ4n) is 2.81. The van der Waals surface area contributed by atoms with E-state index in [1.165, 1.54) is 0 Å². The molecule has 1 saturated heterocycles. The van der Waals surface area contributed by atoms with E-state index in [9.17, 15) is 4.21 Å². The first-order valence-electron chi connectivity index (χ1n) is 7.55. The third-order valence-electron chi connectivity index (χ3n) is 3.86. The summed E-state index contributed by atoms with van der Waals surface area (Å²) >= 11 is 4.41. The zero-order valence-corrected chi connectivity index (χ0v) is 14.2. The molecule has 2 heterocycles. The summed E-state index contributed by atoms with van der Waals surface area (Å²) in [5.74, 6) is 1.01. The third-order valence-corrected chi connectivity index (χ3v) is 4.68. The standard InChI is InChI=1S/C16H18ClN3O2S/c17-15-13(10-12-6-2-1-3-7-12)16(20-8-4-5-9-20)19-14(18-15)11-23(21)22/h1-3,6-7H,4-5,8-11H2,(H,21,22). The quantitative estimate of drug-likeness (QED) is 0.662. The molecule has 2 aromatic rings. The fourth-order valence-corrected chi connectivity index (χ4v) is 3.40. The van der Waals surface area contributed by atoms with Gasteiger partial charge in [0.2, 0.25) is 0 Å². The van der Waals surface area contributed by atoms with Gasteiger partial charge in [-0.25, -0.2) is 14.2 Å². The number of hydrogen-bond donors (Lipinski definition) is 1. The van der Waals surface area contributed by atoms with Gasteiger partial charge in [0, 0.05) is 25.1 Å². The van der Waals surface area contributed by atoms with Gasteiger partial charge in [-0.1, -0.05) is 41.9 Å². The summed E-state index contributed by atoms with van der Waals surface area (Å²) in [4.78, 5) is 10.9. The summed E-state index contributed by atoms with van der Waals surface area (Å²) in [6.45, 7) is 1.85. The maximum absolute atomic E-state index is 11.1. The van der Waals surface area contributed by atoms with Crippen molar-refractivity contribution in [3.63, 3.8) is 0 Å². The van der Waals surface area contributed by atoms with E-state index in [1.807, 2.05) is 30.3 Å². The van der Waals surface area contributed by atoms with Crippen molar-refractivity contribution in [2.24, 2.45) is 0 Å². The maximum Gasteiger partial charge on any atom is 0.160 e. The lowest BCUT2D eigenvalue weighted by Gasteiger charge is -2.21. The molecule has 1 atom stereocenters. The first-order valence-corrected chi connectivity index (χ1v) is 9.20. The van der Waals surface area contributed by atoms with Crippen molar-refractivity contribution in [2.75, 3.05) is 18.0 Å². The van der Waals surface area contributed by atoms with E-state index in [0.29, 0.717) is 17.4 Å². The lowest BCUT2D eigenvalue weighted by atomic mass is 10.1. The predicted octanol–water partition coefficient (Wildman–Crippen LogP) is 3.04. The molecule has 1 fully saturated rings. The van der Waals surface area contributed by atoms with E-state index in [-0.39, 0.29) is 5.75 Å². The average Bonchev–Trinajstić information content (AvgIpc) is 3.04. The SMILES string of the molecule is O=S(O)Cc1nc(Cl)c(Cc2ccccc2)c(N2CCCC2)n1. The normalized spacial score (nSPS) is 15.8. The van der Waals surface area contributed by atoms with Crippen LogP contribution in [0.2, 0.25) is 5.15 Å². The third kappa shape index (κ3) is 4.07. The lowest BCUT2D eigenvalue weighted by molar-refractivity contribution is 0.562. The highest BCUT2D eigenvalue weighted by molar-refractivity contribution is 7.78. The molecule has 1 N–H and O–H groups in total. The number of rotatable bonds is 5. The van der Waals surface area contributed by atoms with Gasteiger partial charge in [-0.2, -0.15) is 0 Å². The fraction of sp³-hybridized carbons (Fsp3) is 0.375. The average molecular weight is 352 g/mol. The molecular formula is C16H18ClN3O2S. The largest absolute Gasteiger partial charge is 0.356 e. The molecule has 0 amide bonds. The van der Waals surface area contributed by atoms with Crippen molar-refractivity contribution < 1.29 is 8.76 Å². The van der Waals surface area contributed by atoms with Crippen LogP contribution in [-0.2, 0) is 23.3 Å². The van der Waals surface area contributed by atoms with Gasteiger partial charge in [0.1, 0.15) is 22.5 Å². The van der Waals surface area contributed by atoms with Gasteiger partial charge in [0.25, 0.3) is 0 Å². The molecule has 0 radical (unpaired) electrons. The van der Waals surface area contributed by atoms with Gasteiger partial charge in [-0.3, -0.25) is 0 Å². The van der Waals surface area contributed by atoms with Crippen molar-refractivity contribution in [3.05, 3.63) is 52.4 Å². The van der Waals surface area contributed by atoms with Gasteiger partial charge < -0.3 is 9.45 Å². The summed E-state index contributed by atoms with van der Waals surface area (Å²) in [6, 6.07) is 10.0. The van der Waals surface area contributed by atoms with E-state index in [0.717, 1.165) is 42.9 Å². The number of hydrogen-bond acceptors (Lipinski definition) is 4. The highest BCUT2D eigenvalue weighted by Gasteiger charge is 2.22. The summed E-state index contributed by atoms with van der Waals surface area (Å²) in [6.07, 6.45) is 2.88. The Balaban J connectivity index is 2.00. The highest BCUT2D eigenvalue weighted by Crippen LogP contribution is 2.29. The van der Waals surface area contributed by atoms with Crippen LogP contribution in [0.5, 0.6) is 0 Å². The molecule has 0 aliphatic carbocycles. The Morgan fingerprint density at radius 3 is 2.52 bits per heavy atom. The number of halogens is 1. The molecule has 1 aromatic carbocycles. The van der Waals surface area contributed by atoms with Crippen LogP contribution in [0.15, 0.2) is 30.3 Å². The molecular weight excluding hydrogens is 334 g/mol. The first kappa shape index (κ1) is 16.4. The number of aromatic nitrogens is 2. The Morgan fingerprint density at radius 1 is 1.17 bits per heavy atom. The Kier molecular flexibility index (Phi) is 5.25. The van der Waals surface area contributed by atoms with Crippen LogP contribution >= 0.6 is 11.6 Å². The van der Waals surface area contributed by atoms with E-state index in [4.69, 9.17) is 16.2 Å². The smallest absolute Gasteiger partial charge is 0.160 e. The minimum Gasteiger partial charge on any atom is -0.356 e. The minimum absolute atomic E-state index is 0.105. The molecule has 1 aliphatic heterocycles. The van der Waals surface area contributed by atoms with Crippen molar-refractivity contribution in [2.45, 2.75) is 25.0 Å². The van der Waals surface area contributed by atoms with Gasteiger partial charge in [-0.05, 0) is 18.4 Å². The van der Waals surface area contributed by atoms with Crippen molar-refractivity contribution in [3.8, 4) is 0 Å². The van der Waals surface area contributed by atoms with Crippen molar-refractivity contribution in [1.82, 2.24) is 9.97 Å². The van der Waals surface area contributed by atoms with Crippen LogP contribution in [0.1, 0.15) is 29.8 Å². The molecule has 1 aromatic heterocycles. The van der Waals surface area contributed by atoms with Crippen LogP contribution in [0, 0.1) is 0 Å². The van der Waals surface area contributed by atoms with Crippen LogP contribution < -0.4 is 4.90 Å². The maximum atomic E-state index is 11.1. The molecule has 0 spiro atoms. The first-order chi connectivity index (χ1) is 11.1. The van der Waals surface area contributed by atoms with Crippen molar-refractivity contribution in [1.29, 1.82) is 0 Å². The molecule has 23 heavy (non-hydrogen) atoms. The molecule has 0 bridgehead atoms. The zero-order chi connectivity index (χ0) is 16.2. The topological polar surface area (TPSA) is 66.3 Å². The summed E-state index contributed by atoms with van der Waals surface area (Å²) in [7, 11) is 0. The molecule has 0 saturated carbocycles. The summed E-state index contributed by atoms with van der Waals surface area (Å²) < 4.78 is 20.2. The molecule has 122 valence electrons. The predicted molar refractivity (Wildman–Crippen MR) is 92.2 cm³/mol. The van der Waals surface area contributed by atoms with Gasteiger partial charge in [0.05, 0.1) is 0 Å². The number of benzene rings is 1. The van der Waals surface area contributed by atoms with Crippen LogP contribution in [0.3, 0.4) is 0 Å². The molecule has 1 aliphatic rings. The van der Waals surface area contributed by atoms with Gasteiger partial charge >= 0.3 is 0 Å². The van der Waals surface area contributed by atoms with Gasteiger partial charge in [-0.15, -0.1) is 0 Å². The molecule has 1 unspecified atom stereocenters. The number of nitrogens with zero attached hydrogens (tertiary/aromatic N) is 3. The second-order valence-corrected chi connectivity index (χ2v) is 6.84. The highest BCUT2D eigenvalue weighted by atomic mass is 35.5. The lowest BCUT2D eigenvalue weighted by Crippen LogP contribution is -2.22. The van der Waals surface area contributed by atoms with Crippen LogP contribution in [0.25, 0.3) is 0 Å². The van der Waals surface area contributed by atoms with Gasteiger partial charge in [0.15, 0.2) is 11.1 Å². The second-order valence-electron chi connectivity index (χ2n) is 5.56. The Hall–Kier alpha value is -1.50. The molecule has 5 nitrogen and oxygen atoms in total. The monoisotopic (exact) mass is 351 g/mol. The Morgan fingerprint density at radius 2 is 1.87 bits per heavy atom. The summed E-state index contributed by atoms with van der Waals surface area (Å²) in [5, 5.41) is 0.367. The van der Waals surface area contributed by atoms with Crippen LogP contribution in [0.4, 0.5) is 5.82 Å². The minimum atomic E-state index is -1.98. The second kappa shape index (κ2) is 7.38. The Bertz CT molecular complexity index is 706. The summed E-state index contributed by atoms with van der Waals surface area (Å²) in [5.41, 5.74) is 2.02. The van der Waals surface area contributed by atoms with E-state index in [1.54, 1.807) is 0 Å². The Labute approximate surface area is 143 Å². The molecule has 7 heteroatoms. The van der Waals surface area contributed by atoms with E-state index >= 15 is 0 Å². The van der Waals surface area contributed by atoms with E-state index in [2.05, 4.69) is 14.9 Å². The zero-order valence-electron chi connectivity index (χ0n) is 12.6. The van der Waals surface area contributed by atoms with Crippen LogP contribution in [-0.4, -0.2) is 31.8 Å². The van der Waals surface area contributed by atoms with Crippen molar-refractivity contribution >= 4 is 28.5 Å².